The van der Waals surface area contributed by atoms with E-state index in [-0.39, 0.29) is 4.84 Å². The van der Waals surface area contributed by atoms with E-state index in [0.29, 0.717) is 0 Å². The SMILES string of the molecule is CC1CCN(CC(Cl)Cl)CC1. The summed E-state index contributed by atoms with van der Waals surface area (Å²) < 4.78 is 0. The molecular weight excluding hydrogens is 181 g/mol. The minimum Gasteiger partial charge on any atom is -0.301 e. The van der Waals surface area contributed by atoms with Gasteiger partial charge in [-0.05, 0) is 31.8 Å². The molecule has 0 atom stereocenters. The van der Waals surface area contributed by atoms with Crippen LogP contribution in [-0.4, -0.2) is 29.4 Å². The second kappa shape index (κ2) is 4.54. The van der Waals surface area contributed by atoms with Crippen LogP contribution >= 0.6 is 23.2 Å². The van der Waals surface area contributed by atoms with Gasteiger partial charge in [0, 0.05) is 6.54 Å². The molecule has 1 aliphatic heterocycles. The minimum absolute atomic E-state index is 0.219. The third-order valence-corrected chi connectivity index (χ3v) is 2.55. The molecule has 0 aromatic rings. The summed E-state index contributed by atoms with van der Waals surface area (Å²) in [5.74, 6) is 0.885. The highest BCUT2D eigenvalue weighted by Crippen LogP contribution is 2.17. The number of hydrogen-bond acceptors (Lipinski definition) is 1. The molecule has 0 radical (unpaired) electrons. The van der Waals surface area contributed by atoms with E-state index in [4.69, 9.17) is 23.2 Å². The number of rotatable bonds is 2. The van der Waals surface area contributed by atoms with Crippen molar-refractivity contribution in [3.05, 3.63) is 0 Å². The smallest absolute Gasteiger partial charge is 0.120 e. The van der Waals surface area contributed by atoms with Crippen molar-refractivity contribution >= 4 is 23.2 Å². The number of piperidine rings is 1. The molecule has 1 saturated heterocycles. The zero-order valence-corrected chi connectivity index (χ0v) is 8.41. The van der Waals surface area contributed by atoms with Crippen molar-refractivity contribution in [2.45, 2.75) is 24.6 Å². The van der Waals surface area contributed by atoms with Gasteiger partial charge in [-0.25, -0.2) is 0 Å². The highest BCUT2D eigenvalue weighted by Gasteiger charge is 2.16. The van der Waals surface area contributed by atoms with Crippen LogP contribution in [0.3, 0.4) is 0 Å². The first-order chi connectivity index (χ1) is 5.18. The Morgan fingerprint density at radius 1 is 1.36 bits per heavy atom. The minimum atomic E-state index is -0.219. The molecule has 0 N–H and O–H groups in total. The van der Waals surface area contributed by atoms with Crippen molar-refractivity contribution in [1.82, 2.24) is 4.90 Å². The molecule has 1 fully saturated rings. The van der Waals surface area contributed by atoms with Crippen molar-refractivity contribution in [2.75, 3.05) is 19.6 Å². The van der Waals surface area contributed by atoms with Gasteiger partial charge in [0.05, 0.1) is 0 Å². The maximum absolute atomic E-state index is 5.67. The van der Waals surface area contributed by atoms with Crippen molar-refractivity contribution in [1.29, 1.82) is 0 Å². The Morgan fingerprint density at radius 3 is 2.36 bits per heavy atom. The molecular formula is C8H15Cl2N. The first kappa shape index (κ1) is 9.63. The zero-order valence-electron chi connectivity index (χ0n) is 6.89. The third kappa shape index (κ3) is 3.64. The maximum atomic E-state index is 5.67. The van der Waals surface area contributed by atoms with Crippen LogP contribution < -0.4 is 0 Å². The van der Waals surface area contributed by atoms with Gasteiger partial charge in [-0.15, -0.1) is 23.2 Å². The molecule has 66 valence electrons. The molecule has 0 saturated carbocycles. The first-order valence-corrected chi connectivity index (χ1v) is 5.06. The van der Waals surface area contributed by atoms with Crippen LogP contribution in [0, 0.1) is 5.92 Å². The molecule has 11 heavy (non-hydrogen) atoms. The second-order valence-electron chi connectivity index (χ2n) is 3.37. The lowest BCUT2D eigenvalue weighted by Crippen LogP contribution is -2.35. The van der Waals surface area contributed by atoms with Gasteiger partial charge in [-0.1, -0.05) is 6.92 Å². The lowest BCUT2D eigenvalue weighted by atomic mass is 9.99. The van der Waals surface area contributed by atoms with E-state index < -0.39 is 0 Å². The van der Waals surface area contributed by atoms with Gasteiger partial charge in [0.15, 0.2) is 0 Å². The summed E-state index contributed by atoms with van der Waals surface area (Å²) in [4.78, 5) is 2.12. The molecule has 1 nitrogen and oxygen atoms in total. The van der Waals surface area contributed by atoms with Crippen LogP contribution in [0.15, 0.2) is 0 Å². The predicted octanol–water partition coefficient (Wildman–Crippen LogP) is 2.52. The van der Waals surface area contributed by atoms with Crippen LogP contribution in [0.2, 0.25) is 0 Å². The predicted molar refractivity (Wildman–Crippen MR) is 50.3 cm³/mol. The van der Waals surface area contributed by atoms with E-state index >= 15 is 0 Å². The molecule has 0 bridgehead atoms. The van der Waals surface area contributed by atoms with Gasteiger partial charge in [0.2, 0.25) is 0 Å². The molecule has 0 spiro atoms. The van der Waals surface area contributed by atoms with Crippen LogP contribution in [0.1, 0.15) is 19.8 Å². The summed E-state index contributed by atoms with van der Waals surface area (Å²) in [7, 11) is 0. The van der Waals surface area contributed by atoms with Gasteiger partial charge in [-0.3, -0.25) is 0 Å². The van der Waals surface area contributed by atoms with Crippen LogP contribution in [-0.2, 0) is 0 Å². The van der Waals surface area contributed by atoms with Crippen molar-refractivity contribution < 1.29 is 0 Å². The molecule has 1 heterocycles. The first-order valence-electron chi connectivity index (χ1n) is 4.19. The van der Waals surface area contributed by atoms with E-state index in [2.05, 4.69) is 11.8 Å². The van der Waals surface area contributed by atoms with E-state index in [1.54, 1.807) is 0 Å². The molecule has 0 unspecified atom stereocenters. The van der Waals surface area contributed by atoms with Gasteiger partial charge in [0.1, 0.15) is 4.84 Å². The molecule has 0 aromatic carbocycles. The fourth-order valence-electron chi connectivity index (χ4n) is 1.44. The summed E-state index contributed by atoms with van der Waals surface area (Å²) in [6.45, 7) is 5.46. The van der Waals surface area contributed by atoms with Gasteiger partial charge < -0.3 is 4.90 Å². The molecule has 3 heteroatoms. The number of nitrogens with zero attached hydrogens (tertiary/aromatic N) is 1. The summed E-state index contributed by atoms with van der Waals surface area (Å²) in [5.41, 5.74) is 0. The van der Waals surface area contributed by atoms with Crippen LogP contribution in [0.25, 0.3) is 0 Å². The summed E-state index contributed by atoms with van der Waals surface area (Å²) in [6, 6.07) is 0. The summed E-state index contributed by atoms with van der Waals surface area (Å²) in [5, 5.41) is 0. The van der Waals surface area contributed by atoms with E-state index in [0.717, 1.165) is 25.6 Å². The second-order valence-corrected chi connectivity index (χ2v) is 4.65. The summed E-state index contributed by atoms with van der Waals surface area (Å²) >= 11 is 11.3. The van der Waals surface area contributed by atoms with E-state index in [9.17, 15) is 0 Å². The van der Waals surface area contributed by atoms with Crippen molar-refractivity contribution in [2.24, 2.45) is 5.92 Å². The van der Waals surface area contributed by atoms with Crippen molar-refractivity contribution in [3.8, 4) is 0 Å². The maximum Gasteiger partial charge on any atom is 0.120 e. The Labute approximate surface area is 78.7 Å². The third-order valence-electron chi connectivity index (χ3n) is 2.27. The molecule has 1 aliphatic rings. The van der Waals surface area contributed by atoms with Gasteiger partial charge >= 0.3 is 0 Å². The topological polar surface area (TPSA) is 3.24 Å². The Hall–Kier alpha value is 0.540. The molecule has 0 aromatic heterocycles. The van der Waals surface area contributed by atoms with Crippen LogP contribution in [0.5, 0.6) is 0 Å². The average molecular weight is 196 g/mol. The van der Waals surface area contributed by atoms with E-state index in [1.807, 2.05) is 0 Å². The largest absolute Gasteiger partial charge is 0.301 e. The average Bonchev–Trinajstić information content (AvgIpc) is 1.93. The zero-order chi connectivity index (χ0) is 8.27. The number of alkyl halides is 2. The van der Waals surface area contributed by atoms with E-state index in [1.165, 1.54) is 12.8 Å². The lowest BCUT2D eigenvalue weighted by molar-refractivity contribution is 0.199. The van der Waals surface area contributed by atoms with Crippen LogP contribution in [0.4, 0.5) is 0 Å². The monoisotopic (exact) mass is 195 g/mol. The fraction of sp³-hybridized carbons (Fsp3) is 1.00. The van der Waals surface area contributed by atoms with Gasteiger partial charge in [0.25, 0.3) is 0 Å². The fourth-order valence-corrected chi connectivity index (χ4v) is 1.83. The molecule has 0 aliphatic carbocycles. The lowest BCUT2D eigenvalue weighted by Gasteiger charge is -2.30. The van der Waals surface area contributed by atoms with Crippen molar-refractivity contribution in [3.63, 3.8) is 0 Å². The highest BCUT2D eigenvalue weighted by atomic mass is 35.5. The number of halogens is 2. The Morgan fingerprint density at radius 2 is 1.91 bits per heavy atom. The normalized spacial score (nSPS) is 22.9. The standard InChI is InChI=1S/C8H15Cl2N/c1-7-2-4-11(5-3-7)6-8(9)10/h7-8H,2-6H2,1H3. The Balaban J connectivity index is 2.17. The Kier molecular flexibility index (Phi) is 3.97. The highest BCUT2D eigenvalue weighted by molar-refractivity contribution is 6.44. The number of hydrogen-bond donors (Lipinski definition) is 0. The Bertz CT molecular complexity index is 109. The quantitative estimate of drug-likeness (QED) is 0.613. The summed E-state index contributed by atoms with van der Waals surface area (Å²) in [6.07, 6.45) is 2.58. The molecule has 0 amide bonds. The molecule has 1 rings (SSSR count). The number of likely N-dealkylation sites (tertiary alicyclic amines) is 1. The van der Waals surface area contributed by atoms with Gasteiger partial charge in [-0.2, -0.15) is 0 Å².